The van der Waals surface area contributed by atoms with Gasteiger partial charge in [0.05, 0.1) is 0 Å². The molecule has 1 atom stereocenters. The summed E-state index contributed by atoms with van der Waals surface area (Å²) in [6.45, 7) is 6.62. The van der Waals surface area contributed by atoms with Crippen LogP contribution in [-0.2, 0) is 12.8 Å². The van der Waals surface area contributed by atoms with Gasteiger partial charge in [-0.25, -0.2) is 0 Å². The third kappa shape index (κ3) is 2.76. The molecule has 0 amide bonds. The number of aryl methyl sites for hydroxylation is 1. The van der Waals surface area contributed by atoms with Crippen LogP contribution in [0, 0.1) is 0 Å². The van der Waals surface area contributed by atoms with Crippen molar-refractivity contribution < 1.29 is 5.11 Å². The standard InChI is InChI=1S/C14H21NO/c1-14(2,3)15-12-6-4-11-9-13(16)7-5-10(11)8-12/h5,7,9,12,15-16H,4,6,8H2,1-3H3. The molecular weight excluding hydrogens is 198 g/mol. The first-order chi connectivity index (χ1) is 7.44. The number of phenolic OH excluding ortho intramolecular Hbond substituents is 1. The molecule has 1 aliphatic carbocycles. The lowest BCUT2D eigenvalue weighted by molar-refractivity contribution is 0.335. The van der Waals surface area contributed by atoms with Gasteiger partial charge in [0.15, 0.2) is 0 Å². The minimum Gasteiger partial charge on any atom is -0.508 e. The van der Waals surface area contributed by atoms with E-state index in [4.69, 9.17) is 0 Å². The van der Waals surface area contributed by atoms with E-state index in [1.807, 2.05) is 6.07 Å². The van der Waals surface area contributed by atoms with E-state index in [-0.39, 0.29) is 5.54 Å². The summed E-state index contributed by atoms with van der Waals surface area (Å²) in [4.78, 5) is 0. The maximum Gasteiger partial charge on any atom is 0.115 e. The van der Waals surface area contributed by atoms with Crippen molar-refractivity contribution >= 4 is 0 Å². The summed E-state index contributed by atoms with van der Waals surface area (Å²) in [6, 6.07) is 6.32. The van der Waals surface area contributed by atoms with Crippen molar-refractivity contribution in [2.45, 2.75) is 51.6 Å². The summed E-state index contributed by atoms with van der Waals surface area (Å²) in [7, 11) is 0. The van der Waals surface area contributed by atoms with Crippen molar-refractivity contribution in [2.24, 2.45) is 0 Å². The smallest absolute Gasteiger partial charge is 0.115 e. The molecule has 0 saturated carbocycles. The zero-order chi connectivity index (χ0) is 11.8. The van der Waals surface area contributed by atoms with Crippen LogP contribution in [0.4, 0.5) is 0 Å². The van der Waals surface area contributed by atoms with Crippen LogP contribution in [0.2, 0.25) is 0 Å². The molecule has 16 heavy (non-hydrogen) atoms. The molecule has 0 bridgehead atoms. The summed E-state index contributed by atoms with van der Waals surface area (Å²) >= 11 is 0. The molecule has 2 heteroatoms. The molecule has 1 aromatic carbocycles. The Morgan fingerprint density at radius 2 is 2.00 bits per heavy atom. The largest absolute Gasteiger partial charge is 0.508 e. The van der Waals surface area contributed by atoms with Gasteiger partial charge in [0.1, 0.15) is 5.75 Å². The van der Waals surface area contributed by atoms with Crippen LogP contribution in [0.3, 0.4) is 0 Å². The van der Waals surface area contributed by atoms with Crippen LogP contribution in [0.15, 0.2) is 18.2 Å². The highest BCUT2D eigenvalue weighted by atomic mass is 16.3. The van der Waals surface area contributed by atoms with Gasteiger partial charge in [-0.3, -0.25) is 0 Å². The molecule has 0 aliphatic heterocycles. The van der Waals surface area contributed by atoms with Crippen molar-refractivity contribution in [1.82, 2.24) is 5.32 Å². The molecular formula is C14H21NO. The lowest BCUT2D eigenvalue weighted by Gasteiger charge is -2.32. The first kappa shape index (κ1) is 11.5. The summed E-state index contributed by atoms with van der Waals surface area (Å²) in [5.41, 5.74) is 2.87. The van der Waals surface area contributed by atoms with Crippen LogP contribution >= 0.6 is 0 Å². The fourth-order valence-electron chi connectivity index (χ4n) is 2.48. The number of nitrogens with one attached hydrogen (secondary N) is 1. The molecule has 88 valence electrons. The number of benzene rings is 1. The molecule has 0 saturated heterocycles. The van der Waals surface area contributed by atoms with Gasteiger partial charge < -0.3 is 10.4 Å². The van der Waals surface area contributed by atoms with Gasteiger partial charge >= 0.3 is 0 Å². The SMILES string of the molecule is CC(C)(C)NC1CCc2cc(O)ccc2C1. The van der Waals surface area contributed by atoms with Gasteiger partial charge in [0.25, 0.3) is 0 Å². The highest BCUT2D eigenvalue weighted by Crippen LogP contribution is 2.25. The second-order valence-electron chi connectivity index (χ2n) is 5.79. The summed E-state index contributed by atoms with van der Waals surface area (Å²) in [6.07, 6.45) is 3.30. The number of hydrogen-bond acceptors (Lipinski definition) is 2. The number of fused-ring (bicyclic) bond motifs is 1. The zero-order valence-corrected chi connectivity index (χ0v) is 10.4. The fourth-order valence-corrected chi connectivity index (χ4v) is 2.48. The van der Waals surface area contributed by atoms with Gasteiger partial charge in [-0.2, -0.15) is 0 Å². The quantitative estimate of drug-likeness (QED) is 0.761. The fraction of sp³-hybridized carbons (Fsp3) is 0.571. The van der Waals surface area contributed by atoms with Crippen molar-refractivity contribution in [3.8, 4) is 5.75 Å². The van der Waals surface area contributed by atoms with Crippen LogP contribution in [0.5, 0.6) is 5.75 Å². The average molecular weight is 219 g/mol. The van der Waals surface area contributed by atoms with Gasteiger partial charge in [0.2, 0.25) is 0 Å². The van der Waals surface area contributed by atoms with Gasteiger partial charge in [-0.1, -0.05) is 6.07 Å². The third-order valence-electron chi connectivity index (χ3n) is 3.06. The first-order valence-corrected chi connectivity index (χ1v) is 6.02. The third-order valence-corrected chi connectivity index (χ3v) is 3.06. The molecule has 0 heterocycles. The molecule has 0 spiro atoms. The minimum absolute atomic E-state index is 0.180. The van der Waals surface area contributed by atoms with E-state index in [0.29, 0.717) is 11.8 Å². The number of rotatable bonds is 1. The Morgan fingerprint density at radius 3 is 2.69 bits per heavy atom. The van der Waals surface area contributed by atoms with E-state index in [9.17, 15) is 5.11 Å². The predicted molar refractivity (Wildman–Crippen MR) is 66.8 cm³/mol. The molecule has 0 fully saturated rings. The van der Waals surface area contributed by atoms with E-state index in [2.05, 4.69) is 32.2 Å². The van der Waals surface area contributed by atoms with E-state index in [0.717, 1.165) is 19.3 Å². The molecule has 2 rings (SSSR count). The van der Waals surface area contributed by atoms with Gasteiger partial charge in [-0.05, 0) is 63.3 Å². The van der Waals surface area contributed by atoms with E-state index < -0.39 is 0 Å². The van der Waals surface area contributed by atoms with Crippen molar-refractivity contribution in [3.05, 3.63) is 29.3 Å². The Labute approximate surface area is 97.7 Å². The topological polar surface area (TPSA) is 32.3 Å². The number of phenols is 1. The number of hydrogen-bond donors (Lipinski definition) is 2. The Morgan fingerprint density at radius 1 is 1.25 bits per heavy atom. The van der Waals surface area contributed by atoms with Gasteiger partial charge in [-0.15, -0.1) is 0 Å². The normalized spacial score (nSPS) is 20.6. The van der Waals surface area contributed by atoms with Crippen molar-refractivity contribution in [3.63, 3.8) is 0 Å². The Bertz CT molecular complexity index is 379. The highest BCUT2D eigenvalue weighted by Gasteiger charge is 2.22. The van der Waals surface area contributed by atoms with Crippen LogP contribution in [0.25, 0.3) is 0 Å². The summed E-state index contributed by atoms with van der Waals surface area (Å²) in [5.74, 6) is 0.390. The Balaban J connectivity index is 2.09. The zero-order valence-electron chi connectivity index (χ0n) is 10.4. The van der Waals surface area contributed by atoms with E-state index in [1.165, 1.54) is 11.1 Å². The lowest BCUT2D eigenvalue weighted by Crippen LogP contribution is -2.46. The molecule has 2 N–H and O–H groups in total. The van der Waals surface area contributed by atoms with Gasteiger partial charge in [0, 0.05) is 11.6 Å². The van der Waals surface area contributed by atoms with E-state index in [1.54, 1.807) is 6.07 Å². The average Bonchev–Trinajstić information content (AvgIpc) is 2.16. The minimum atomic E-state index is 0.180. The maximum atomic E-state index is 9.42. The number of aromatic hydroxyl groups is 1. The molecule has 0 radical (unpaired) electrons. The maximum absolute atomic E-state index is 9.42. The molecule has 1 aromatic rings. The van der Waals surface area contributed by atoms with Crippen LogP contribution < -0.4 is 5.32 Å². The summed E-state index contributed by atoms with van der Waals surface area (Å²) in [5, 5.41) is 13.1. The highest BCUT2D eigenvalue weighted by molar-refractivity contribution is 5.37. The predicted octanol–water partition coefficient (Wildman–Crippen LogP) is 2.64. The van der Waals surface area contributed by atoms with Crippen LogP contribution in [0.1, 0.15) is 38.3 Å². The second kappa shape index (κ2) is 4.10. The van der Waals surface area contributed by atoms with Crippen molar-refractivity contribution in [1.29, 1.82) is 0 Å². The van der Waals surface area contributed by atoms with Crippen molar-refractivity contribution in [2.75, 3.05) is 0 Å². The summed E-state index contributed by atoms with van der Waals surface area (Å²) < 4.78 is 0. The Hall–Kier alpha value is -1.02. The molecule has 1 aliphatic rings. The van der Waals surface area contributed by atoms with Crippen LogP contribution in [-0.4, -0.2) is 16.7 Å². The molecule has 2 nitrogen and oxygen atoms in total. The lowest BCUT2D eigenvalue weighted by atomic mass is 9.87. The first-order valence-electron chi connectivity index (χ1n) is 6.02. The molecule has 0 aromatic heterocycles. The molecule has 1 unspecified atom stereocenters. The second-order valence-corrected chi connectivity index (χ2v) is 5.79. The Kier molecular flexibility index (Phi) is 2.94. The monoisotopic (exact) mass is 219 g/mol. The van der Waals surface area contributed by atoms with E-state index >= 15 is 0 Å².